The summed E-state index contributed by atoms with van der Waals surface area (Å²) in [6.45, 7) is 4.53. The number of carbonyl (C=O) groups excluding carboxylic acids is 1. The molecule has 0 spiro atoms. The number of hydrogen-bond acceptors (Lipinski definition) is 3. The van der Waals surface area contributed by atoms with Gasteiger partial charge >= 0.3 is 0 Å². The number of nitrogens with zero attached hydrogens (tertiary/aromatic N) is 2. The summed E-state index contributed by atoms with van der Waals surface area (Å²) in [6.07, 6.45) is 0.771. The smallest absolute Gasteiger partial charge is 0.273 e. The lowest BCUT2D eigenvalue weighted by atomic mass is 10.2. The van der Waals surface area contributed by atoms with Crippen LogP contribution in [-0.4, -0.2) is 20.8 Å². The summed E-state index contributed by atoms with van der Waals surface area (Å²) in [5.74, 6) is -0.216. The van der Waals surface area contributed by atoms with Gasteiger partial charge in [-0.25, -0.2) is 0 Å². The third-order valence-corrected chi connectivity index (χ3v) is 3.24. The van der Waals surface area contributed by atoms with Crippen molar-refractivity contribution in [1.82, 2.24) is 9.78 Å². The van der Waals surface area contributed by atoms with E-state index < -0.39 is 0 Å². The van der Waals surface area contributed by atoms with E-state index in [0.29, 0.717) is 17.9 Å². The van der Waals surface area contributed by atoms with Gasteiger partial charge in [0.1, 0.15) is 11.4 Å². The maximum atomic E-state index is 12.3. The molecule has 0 saturated carbocycles. The number of aryl methyl sites for hydroxylation is 2. The number of carbonyl (C=O) groups is 1. The Bertz CT molecular complexity index is 637. The van der Waals surface area contributed by atoms with Gasteiger partial charge in [-0.15, -0.1) is 0 Å². The molecule has 0 aliphatic carbocycles. The van der Waals surface area contributed by atoms with Crippen LogP contribution in [0.1, 0.15) is 30.0 Å². The number of benzene rings is 1. The highest BCUT2D eigenvalue weighted by Gasteiger charge is 2.15. The molecule has 0 aliphatic rings. The number of nitrogens with one attached hydrogen (secondary N) is 1. The number of halogens is 1. The molecule has 2 rings (SSSR count). The van der Waals surface area contributed by atoms with E-state index in [-0.39, 0.29) is 16.7 Å². The molecule has 106 valence electrons. The normalized spacial score (nSPS) is 10.6. The lowest BCUT2D eigenvalue weighted by Crippen LogP contribution is -2.17. The van der Waals surface area contributed by atoms with E-state index in [0.717, 1.165) is 12.1 Å². The Kier molecular flexibility index (Phi) is 4.29. The predicted molar refractivity (Wildman–Crippen MR) is 78.3 cm³/mol. The topological polar surface area (TPSA) is 67.2 Å². The van der Waals surface area contributed by atoms with Crippen molar-refractivity contribution >= 4 is 23.2 Å². The molecule has 0 atom stereocenters. The number of aromatic nitrogens is 2. The number of hydrogen-bond donors (Lipinski definition) is 2. The standard InChI is InChI=1S/C14H16ClN3O2/c1-3-9-7-13(18(4-2)17-9)14(20)16-12-6-5-10(19)8-11(12)15/h5-8,19H,3-4H2,1-2H3,(H,16,20). The second-order valence-corrected chi connectivity index (χ2v) is 4.72. The second kappa shape index (κ2) is 5.96. The highest BCUT2D eigenvalue weighted by molar-refractivity contribution is 6.34. The molecular weight excluding hydrogens is 278 g/mol. The molecule has 5 nitrogen and oxygen atoms in total. The minimum Gasteiger partial charge on any atom is -0.508 e. The highest BCUT2D eigenvalue weighted by atomic mass is 35.5. The third-order valence-electron chi connectivity index (χ3n) is 2.93. The van der Waals surface area contributed by atoms with Crippen molar-refractivity contribution in [2.24, 2.45) is 0 Å². The zero-order valence-electron chi connectivity index (χ0n) is 11.4. The number of phenols is 1. The van der Waals surface area contributed by atoms with Crippen molar-refractivity contribution in [3.05, 3.63) is 40.7 Å². The van der Waals surface area contributed by atoms with Crippen LogP contribution in [0.25, 0.3) is 0 Å². The first-order chi connectivity index (χ1) is 9.55. The van der Waals surface area contributed by atoms with Crippen molar-refractivity contribution in [2.75, 3.05) is 5.32 Å². The molecule has 1 aromatic carbocycles. The van der Waals surface area contributed by atoms with Crippen molar-refractivity contribution in [2.45, 2.75) is 26.8 Å². The van der Waals surface area contributed by atoms with Crippen molar-refractivity contribution < 1.29 is 9.90 Å². The maximum Gasteiger partial charge on any atom is 0.273 e. The first-order valence-electron chi connectivity index (χ1n) is 6.41. The molecule has 0 unspecified atom stereocenters. The van der Waals surface area contributed by atoms with Crippen molar-refractivity contribution in [1.29, 1.82) is 0 Å². The van der Waals surface area contributed by atoms with Gasteiger partial charge in [-0.3, -0.25) is 9.48 Å². The maximum absolute atomic E-state index is 12.3. The Morgan fingerprint density at radius 2 is 2.15 bits per heavy atom. The van der Waals surface area contributed by atoms with Crippen LogP contribution >= 0.6 is 11.6 Å². The Balaban J connectivity index is 2.25. The van der Waals surface area contributed by atoms with Crippen LogP contribution in [0.15, 0.2) is 24.3 Å². The first-order valence-corrected chi connectivity index (χ1v) is 6.79. The van der Waals surface area contributed by atoms with E-state index in [4.69, 9.17) is 11.6 Å². The largest absolute Gasteiger partial charge is 0.508 e. The summed E-state index contributed by atoms with van der Waals surface area (Å²) < 4.78 is 1.66. The van der Waals surface area contributed by atoms with Gasteiger partial charge in [0.25, 0.3) is 5.91 Å². The monoisotopic (exact) mass is 293 g/mol. The van der Waals surface area contributed by atoms with Crippen molar-refractivity contribution in [3.8, 4) is 5.75 Å². The molecule has 0 bridgehead atoms. The summed E-state index contributed by atoms with van der Waals surface area (Å²) in [5.41, 5.74) is 1.82. The van der Waals surface area contributed by atoms with Crippen LogP contribution in [-0.2, 0) is 13.0 Å². The molecule has 1 heterocycles. The minimum atomic E-state index is -0.272. The second-order valence-electron chi connectivity index (χ2n) is 4.31. The molecule has 0 radical (unpaired) electrons. The Labute approximate surface area is 122 Å². The number of amides is 1. The van der Waals surface area contributed by atoms with E-state index in [9.17, 15) is 9.90 Å². The summed E-state index contributed by atoms with van der Waals surface area (Å²) >= 11 is 5.97. The fourth-order valence-electron chi connectivity index (χ4n) is 1.86. The quantitative estimate of drug-likeness (QED) is 0.851. The molecule has 0 aliphatic heterocycles. The summed E-state index contributed by atoms with van der Waals surface area (Å²) in [5, 5.41) is 16.6. The minimum absolute atomic E-state index is 0.0554. The van der Waals surface area contributed by atoms with E-state index in [2.05, 4.69) is 10.4 Å². The van der Waals surface area contributed by atoms with Gasteiger partial charge in [-0.2, -0.15) is 5.10 Å². The number of anilines is 1. The molecule has 1 aromatic heterocycles. The molecule has 6 heteroatoms. The van der Waals surface area contributed by atoms with Crippen LogP contribution in [0.3, 0.4) is 0 Å². The fraction of sp³-hybridized carbons (Fsp3) is 0.286. The molecule has 20 heavy (non-hydrogen) atoms. The molecule has 0 saturated heterocycles. The third kappa shape index (κ3) is 2.93. The zero-order chi connectivity index (χ0) is 14.7. The van der Waals surface area contributed by atoms with Crippen LogP contribution in [0.2, 0.25) is 5.02 Å². The van der Waals surface area contributed by atoms with E-state index in [1.54, 1.807) is 16.8 Å². The van der Waals surface area contributed by atoms with Gasteiger partial charge in [0.2, 0.25) is 0 Å². The molecular formula is C14H16ClN3O2. The van der Waals surface area contributed by atoms with E-state index in [1.165, 1.54) is 12.1 Å². The predicted octanol–water partition coefficient (Wildman–Crippen LogP) is 3.08. The lowest BCUT2D eigenvalue weighted by molar-refractivity contribution is 0.101. The number of rotatable bonds is 4. The molecule has 1 amide bonds. The fourth-order valence-corrected chi connectivity index (χ4v) is 2.08. The van der Waals surface area contributed by atoms with Gasteiger partial charge in [-0.05, 0) is 31.5 Å². The van der Waals surface area contributed by atoms with Crippen molar-refractivity contribution in [3.63, 3.8) is 0 Å². The van der Waals surface area contributed by atoms with Gasteiger partial charge in [0.05, 0.1) is 16.4 Å². The molecule has 2 N–H and O–H groups in total. The molecule has 0 fully saturated rings. The first kappa shape index (κ1) is 14.4. The highest BCUT2D eigenvalue weighted by Crippen LogP contribution is 2.26. The average molecular weight is 294 g/mol. The Morgan fingerprint density at radius 1 is 1.40 bits per heavy atom. The van der Waals surface area contributed by atoms with Gasteiger partial charge in [0.15, 0.2) is 0 Å². The SMILES string of the molecule is CCc1cc(C(=O)Nc2ccc(O)cc2Cl)n(CC)n1. The summed E-state index contributed by atoms with van der Waals surface area (Å²) in [7, 11) is 0. The average Bonchev–Trinajstić information content (AvgIpc) is 2.85. The van der Waals surface area contributed by atoms with E-state index in [1.807, 2.05) is 13.8 Å². The Morgan fingerprint density at radius 3 is 2.75 bits per heavy atom. The lowest BCUT2D eigenvalue weighted by Gasteiger charge is -2.08. The van der Waals surface area contributed by atoms with Crippen LogP contribution in [0.4, 0.5) is 5.69 Å². The van der Waals surface area contributed by atoms with Gasteiger partial charge in [0, 0.05) is 12.6 Å². The zero-order valence-corrected chi connectivity index (χ0v) is 12.1. The van der Waals surface area contributed by atoms with Gasteiger partial charge in [-0.1, -0.05) is 18.5 Å². The molecule has 2 aromatic rings. The number of aromatic hydroxyl groups is 1. The van der Waals surface area contributed by atoms with E-state index >= 15 is 0 Å². The van der Waals surface area contributed by atoms with Gasteiger partial charge < -0.3 is 10.4 Å². The Hall–Kier alpha value is -2.01. The summed E-state index contributed by atoms with van der Waals surface area (Å²) in [4.78, 5) is 12.3. The van der Waals surface area contributed by atoms with Crippen LogP contribution in [0, 0.1) is 0 Å². The number of phenolic OH excluding ortho intramolecular Hbond substituents is 1. The van der Waals surface area contributed by atoms with Crippen LogP contribution in [0.5, 0.6) is 5.75 Å². The summed E-state index contributed by atoms with van der Waals surface area (Å²) in [6, 6.07) is 6.18. The van der Waals surface area contributed by atoms with Crippen LogP contribution < -0.4 is 5.32 Å².